The number of hydrogen-bond donors (Lipinski definition) is 2. The molecule has 3 atom stereocenters. The number of aliphatic hydroxyl groups excluding tert-OH is 1. The van der Waals surface area contributed by atoms with Crippen molar-refractivity contribution in [2.24, 2.45) is 11.8 Å². The summed E-state index contributed by atoms with van der Waals surface area (Å²) in [4.78, 5) is 14.1. The number of hydrogen-bond acceptors (Lipinski definition) is 3. The van der Waals surface area contributed by atoms with E-state index in [-0.39, 0.29) is 12.0 Å². The molecule has 1 aliphatic heterocycles. The molecule has 1 saturated heterocycles. The van der Waals surface area contributed by atoms with E-state index in [1.165, 1.54) is 25.7 Å². The summed E-state index contributed by atoms with van der Waals surface area (Å²) < 4.78 is 0. The Labute approximate surface area is 109 Å². The molecule has 3 aliphatic rings. The lowest BCUT2D eigenvalue weighted by Gasteiger charge is -2.20. The van der Waals surface area contributed by atoms with Crippen LogP contribution in [0.25, 0.3) is 0 Å². The van der Waals surface area contributed by atoms with Gasteiger partial charge in [0.1, 0.15) is 0 Å². The highest BCUT2D eigenvalue weighted by Gasteiger charge is 2.43. The third-order valence-corrected chi connectivity index (χ3v) is 5.07. The molecule has 2 aliphatic carbocycles. The molecule has 3 rings (SSSR count). The number of aliphatic hydroxyl groups is 1. The topological polar surface area (TPSA) is 52.6 Å². The molecule has 4 heteroatoms. The van der Waals surface area contributed by atoms with Crippen LogP contribution in [-0.4, -0.2) is 47.7 Å². The molecule has 0 bridgehead atoms. The zero-order chi connectivity index (χ0) is 12.5. The minimum atomic E-state index is -0.171. The van der Waals surface area contributed by atoms with E-state index < -0.39 is 0 Å². The van der Waals surface area contributed by atoms with E-state index in [0.29, 0.717) is 24.4 Å². The lowest BCUT2D eigenvalue weighted by molar-refractivity contribution is -0.129. The molecule has 3 fully saturated rings. The van der Waals surface area contributed by atoms with Crippen LogP contribution in [0.15, 0.2) is 0 Å². The maximum Gasteiger partial charge on any atom is 0.236 e. The van der Waals surface area contributed by atoms with Crippen LogP contribution in [0, 0.1) is 11.8 Å². The van der Waals surface area contributed by atoms with Gasteiger partial charge in [0.05, 0.1) is 12.6 Å². The van der Waals surface area contributed by atoms with Gasteiger partial charge in [-0.05, 0) is 31.6 Å². The second-order valence-corrected chi connectivity index (χ2v) is 6.23. The van der Waals surface area contributed by atoms with Crippen LogP contribution in [0.4, 0.5) is 0 Å². The van der Waals surface area contributed by atoms with Gasteiger partial charge in [-0.15, -0.1) is 0 Å². The third-order valence-electron chi connectivity index (χ3n) is 5.07. The average Bonchev–Trinajstić information content (AvgIpc) is 3.05. The molecule has 0 radical (unpaired) electrons. The van der Waals surface area contributed by atoms with Crippen LogP contribution >= 0.6 is 0 Å². The predicted octanol–water partition coefficient (Wildman–Crippen LogP) is 0.748. The fourth-order valence-corrected chi connectivity index (χ4v) is 3.91. The summed E-state index contributed by atoms with van der Waals surface area (Å²) in [5, 5.41) is 13.2. The molecule has 0 spiro atoms. The Morgan fingerprint density at radius 1 is 1.17 bits per heavy atom. The van der Waals surface area contributed by atoms with Crippen molar-refractivity contribution in [1.29, 1.82) is 0 Å². The lowest BCUT2D eigenvalue weighted by atomic mass is 10.00. The molecule has 0 aromatic heterocycles. The molecular weight excluding hydrogens is 228 g/mol. The number of amides is 1. The Morgan fingerprint density at radius 2 is 1.94 bits per heavy atom. The molecule has 2 N–H and O–H groups in total. The smallest absolute Gasteiger partial charge is 0.236 e. The Kier molecular flexibility index (Phi) is 3.57. The molecule has 3 unspecified atom stereocenters. The van der Waals surface area contributed by atoms with Crippen molar-refractivity contribution in [2.75, 3.05) is 19.6 Å². The highest BCUT2D eigenvalue weighted by molar-refractivity contribution is 5.78. The first kappa shape index (κ1) is 12.4. The summed E-state index contributed by atoms with van der Waals surface area (Å²) in [7, 11) is 0. The van der Waals surface area contributed by atoms with Gasteiger partial charge in [-0.25, -0.2) is 0 Å². The zero-order valence-corrected chi connectivity index (χ0v) is 11.0. The Bertz CT molecular complexity index is 315. The summed E-state index contributed by atoms with van der Waals surface area (Å²) >= 11 is 0. The van der Waals surface area contributed by atoms with Gasteiger partial charge in [0.15, 0.2) is 0 Å². The second kappa shape index (κ2) is 5.17. The van der Waals surface area contributed by atoms with Crippen molar-refractivity contribution in [3.8, 4) is 0 Å². The minimum absolute atomic E-state index is 0.171. The van der Waals surface area contributed by atoms with E-state index in [0.717, 1.165) is 25.9 Å². The molecule has 0 aromatic rings. The number of nitrogens with zero attached hydrogens (tertiary/aromatic N) is 1. The van der Waals surface area contributed by atoms with Gasteiger partial charge in [0.25, 0.3) is 0 Å². The van der Waals surface area contributed by atoms with Crippen LogP contribution < -0.4 is 5.32 Å². The molecule has 2 saturated carbocycles. The molecule has 4 nitrogen and oxygen atoms in total. The second-order valence-electron chi connectivity index (χ2n) is 6.23. The van der Waals surface area contributed by atoms with Gasteiger partial charge >= 0.3 is 0 Å². The van der Waals surface area contributed by atoms with Crippen LogP contribution in [-0.2, 0) is 4.79 Å². The summed E-state index contributed by atoms with van der Waals surface area (Å²) in [6.45, 7) is 2.13. The SMILES string of the molecule is O=C(CNC1CCCC1)N1CC2CCC(O)C2C1. The van der Waals surface area contributed by atoms with Crippen molar-refractivity contribution < 1.29 is 9.90 Å². The number of carbonyl (C=O) groups excluding carboxylic acids is 1. The molecule has 18 heavy (non-hydrogen) atoms. The van der Waals surface area contributed by atoms with E-state index in [4.69, 9.17) is 0 Å². The van der Waals surface area contributed by atoms with E-state index in [1.54, 1.807) is 0 Å². The van der Waals surface area contributed by atoms with Crippen LogP contribution in [0.5, 0.6) is 0 Å². The van der Waals surface area contributed by atoms with Gasteiger partial charge in [0, 0.05) is 25.0 Å². The van der Waals surface area contributed by atoms with E-state index >= 15 is 0 Å². The Balaban J connectivity index is 1.46. The van der Waals surface area contributed by atoms with E-state index in [2.05, 4.69) is 5.32 Å². The molecule has 1 heterocycles. The van der Waals surface area contributed by atoms with Gasteiger partial charge in [-0.3, -0.25) is 4.79 Å². The number of fused-ring (bicyclic) bond motifs is 1. The van der Waals surface area contributed by atoms with Crippen molar-refractivity contribution in [3.63, 3.8) is 0 Å². The van der Waals surface area contributed by atoms with Crippen LogP contribution in [0.3, 0.4) is 0 Å². The van der Waals surface area contributed by atoms with Crippen molar-refractivity contribution in [1.82, 2.24) is 10.2 Å². The number of likely N-dealkylation sites (tertiary alicyclic amines) is 1. The summed E-state index contributed by atoms with van der Waals surface area (Å²) in [6, 6.07) is 0.557. The first-order chi connectivity index (χ1) is 8.74. The van der Waals surface area contributed by atoms with Gasteiger partial charge in [-0.2, -0.15) is 0 Å². The number of carbonyl (C=O) groups is 1. The Morgan fingerprint density at radius 3 is 2.67 bits per heavy atom. The number of rotatable bonds is 3. The number of nitrogens with one attached hydrogen (secondary N) is 1. The molecule has 1 amide bonds. The summed E-state index contributed by atoms with van der Waals surface area (Å²) in [6.07, 6.45) is 6.88. The molecular formula is C14H24N2O2. The summed E-state index contributed by atoms with van der Waals surface area (Å²) in [5.41, 5.74) is 0. The molecule has 0 aromatic carbocycles. The van der Waals surface area contributed by atoms with Crippen molar-refractivity contribution in [3.05, 3.63) is 0 Å². The maximum absolute atomic E-state index is 12.1. The minimum Gasteiger partial charge on any atom is -0.393 e. The van der Waals surface area contributed by atoms with Gasteiger partial charge < -0.3 is 15.3 Å². The van der Waals surface area contributed by atoms with Gasteiger partial charge in [0.2, 0.25) is 5.91 Å². The fraction of sp³-hybridized carbons (Fsp3) is 0.929. The fourth-order valence-electron chi connectivity index (χ4n) is 3.91. The zero-order valence-electron chi connectivity index (χ0n) is 11.0. The highest BCUT2D eigenvalue weighted by Crippen LogP contribution is 2.37. The monoisotopic (exact) mass is 252 g/mol. The largest absolute Gasteiger partial charge is 0.393 e. The van der Waals surface area contributed by atoms with Crippen LogP contribution in [0.1, 0.15) is 38.5 Å². The molecule has 102 valence electrons. The standard InChI is InChI=1S/C14H24N2O2/c17-13-6-5-10-8-16(9-12(10)13)14(18)7-15-11-3-1-2-4-11/h10-13,15,17H,1-9H2. The Hall–Kier alpha value is -0.610. The maximum atomic E-state index is 12.1. The first-order valence-corrected chi connectivity index (χ1v) is 7.43. The third kappa shape index (κ3) is 2.41. The van der Waals surface area contributed by atoms with E-state index in [1.807, 2.05) is 4.90 Å². The van der Waals surface area contributed by atoms with Crippen molar-refractivity contribution in [2.45, 2.75) is 50.7 Å². The first-order valence-electron chi connectivity index (χ1n) is 7.43. The lowest BCUT2D eigenvalue weighted by Crippen LogP contribution is -2.40. The predicted molar refractivity (Wildman–Crippen MR) is 69.1 cm³/mol. The van der Waals surface area contributed by atoms with Gasteiger partial charge in [-0.1, -0.05) is 12.8 Å². The van der Waals surface area contributed by atoms with Crippen LogP contribution in [0.2, 0.25) is 0 Å². The quantitative estimate of drug-likeness (QED) is 0.779. The van der Waals surface area contributed by atoms with E-state index in [9.17, 15) is 9.90 Å². The average molecular weight is 252 g/mol. The highest BCUT2D eigenvalue weighted by atomic mass is 16.3. The normalized spacial score (nSPS) is 36.3. The van der Waals surface area contributed by atoms with Crippen molar-refractivity contribution >= 4 is 5.91 Å². The summed E-state index contributed by atoms with van der Waals surface area (Å²) in [5.74, 6) is 1.12.